The van der Waals surface area contributed by atoms with Gasteiger partial charge in [-0.05, 0) is 18.6 Å². The summed E-state index contributed by atoms with van der Waals surface area (Å²) in [4.78, 5) is 37.8. The van der Waals surface area contributed by atoms with Gasteiger partial charge in [0.15, 0.2) is 6.61 Å². The van der Waals surface area contributed by atoms with Crippen LogP contribution in [0.5, 0.6) is 0 Å². The predicted molar refractivity (Wildman–Crippen MR) is 68.9 cm³/mol. The molecule has 0 saturated carbocycles. The Balaban J connectivity index is 1.73. The van der Waals surface area contributed by atoms with E-state index in [0.717, 1.165) is 4.90 Å². The molecule has 2 heterocycles. The van der Waals surface area contributed by atoms with Crippen LogP contribution < -0.4 is 0 Å². The van der Waals surface area contributed by atoms with E-state index < -0.39 is 29.8 Å². The first-order valence-electron chi connectivity index (χ1n) is 6.60. The lowest BCUT2D eigenvalue weighted by Crippen LogP contribution is -2.42. The van der Waals surface area contributed by atoms with Gasteiger partial charge in [-0.2, -0.15) is 0 Å². The number of imide groups is 1. The molecule has 2 fully saturated rings. The van der Waals surface area contributed by atoms with Crippen molar-refractivity contribution >= 4 is 17.9 Å². The van der Waals surface area contributed by atoms with Gasteiger partial charge in [0, 0.05) is 13.1 Å². The van der Waals surface area contributed by atoms with Crippen LogP contribution in [-0.4, -0.2) is 53.4 Å². The van der Waals surface area contributed by atoms with Gasteiger partial charge in [0.25, 0.3) is 11.8 Å². The van der Waals surface area contributed by atoms with Crippen molar-refractivity contribution in [3.05, 3.63) is 35.6 Å². The molecule has 0 aromatic heterocycles. The highest BCUT2D eigenvalue weighted by Gasteiger charge is 2.41. The molecule has 0 aliphatic carbocycles. The van der Waals surface area contributed by atoms with Gasteiger partial charge in [-0.15, -0.1) is 0 Å². The molecule has 3 amide bonds. The molecule has 1 aromatic carbocycles. The lowest BCUT2D eigenvalue weighted by Gasteiger charge is -2.20. The fourth-order valence-electron chi connectivity index (χ4n) is 2.66. The third-order valence-corrected chi connectivity index (χ3v) is 3.70. The number of halogens is 1. The number of nitrogens with zero attached hydrogens (tertiary/aromatic N) is 2. The predicted octanol–water partition coefficient (Wildman–Crippen LogP) is 1.02. The van der Waals surface area contributed by atoms with Crippen molar-refractivity contribution < 1.29 is 23.5 Å². The zero-order chi connectivity index (χ0) is 15.0. The Morgan fingerprint density at radius 1 is 1.29 bits per heavy atom. The van der Waals surface area contributed by atoms with Crippen molar-refractivity contribution in [2.45, 2.75) is 12.5 Å². The molecule has 7 heteroatoms. The summed E-state index contributed by atoms with van der Waals surface area (Å²) in [5.74, 6) is -1.41. The Kier molecular flexibility index (Phi) is 3.32. The van der Waals surface area contributed by atoms with Crippen molar-refractivity contribution in [3.8, 4) is 0 Å². The molecule has 0 spiro atoms. The van der Waals surface area contributed by atoms with Crippen LogP contribution in [0.15, 0.2) is 24.3 Å². The molecular formula is C14H13FN2O4. The van der Waals surface area contributed by atoms with Crippen molar-refractivity contribution in [2.24, 2.45) is 0 Å². The maximum absolute atomic E-state index is 13.6. The van der Waals surface area contributed by atoms with E-state index in [1.54, 1.807) is 6.07 Å². The van der Waals surface area contributed by atoms with E-state index in [0.29, 0.717) is 13.0 Å². The van der Waals surface area contributed by atoms with Crippen molar-refractivity contribution in [2.75, 3.05) is 19.7 Å². The van der Waals surface area contributed by atoms with Crippen LogP contribution in [0.2, 0.25) is 0 Å². The highest BCUT2D eigenvalue weighted by Crippen LogP contribution is 2.22. The van der Waals surface area contributed by atoms with E-state index >= 15 is 0 Å². The molecule has 1 unspecified atom stereocenters. The zero-order valence-corrected chi connectivity index (χ0v) is 11.1. The number of hydrogen-bond donors (Lipinski definition) is 0. The van der Waals surface area contributed by atoms with Gasteiger partial charge in [0.1, 0.15) is 5.82 Å². The molecule has 2 aliphatic heterocycles. The summed E-state index contributed by atoms with van der Waals surface area (Å²) in [5.41, 5.74) is -0.00604. The Labute approximate surface area is 120 Å². The number of carbonyl (C=O) groups excluding carboxylic acids is 3. The number of benzene rings is 1. The van der Waals surface area contributed by atoms with Gasteiger partial charge in [-0.3, -0.25) is 9.59 Å². The maximum atomic E-state index is 13.6. The normalized spacial score (nSPS) is 21.9. The van der Waals surface area contributed by atoms with Crippen molar-refractivity contribution in [1.29, 1.82) is 0 Å². The Morgan fingerprint density at radius 2 is 2.05 bits per heavy atom. The molecule has 110 valence electrons. The van der Waals surface area contributed by atoms with E-state index in [4.69, 9.17) is 0 Å². The summed E-state index contributed by atoms with van der Waals surface area (Å²) in [6.07, 6.45) is -0.203. The number of likely N-dealkylation sites (tertiary alicyclic amines) is 1. The topological polar surface area (TPSA) is 66.9 Å². The number of carbonyl (C=O) groups is 3. The third kappa shape index (κ3) is 2.35. The SMILES string of the molecule is O=C(c1ccccc1F)N1CCC(N2C(=O)COC2=O)C1. The minimum atomic E-state index is -0.676. The fraction of sp³-hybridized carbons (Fsp3) is 0.357. The largest absolute Gasteiger partial charge is 0.439 e. The van der Waals surface area contributed by atoms with Crippen LogP contribution in [0.3, 0.4) is 0 Å². The molecule has 2 aliphatic rings. The van der Waals surface area contributed by atoms with Gasteiger partial charge in [0.2, 0.25) is 0 Å². The Bertz CT molecular complexity index is 603. The van der Waals surface area contributed by atoms with E-state index in [2.05, 4.69) is 4.74 Å². The van der Waals surface area contributed by atoms with Crippen molar-refractivity contribution in [1.82, 2.24) is 9.80 Å². The maximum Gasteiger partial charge on any atom is 0.417 e. The summed E-state index contributed by atoms with van der Waals surface area (Å²) in [7, 11) is 0. The highest BCUT2D eigenvalue weighted by molar-refractivity contribution is 5.98. The lowest BCUT2D eigenvalue weighted by molar-refractivity contribution is -0.127. The van der Waals surface area contributed by atoms with Crippen LogP contribution in [0.1, 0.15) is 16.8 Å². The summed E-state index contributed by atoms with van der Waals surface area (Å²) in [6.45, 7) is 0.319. The summed E-state index contributed by atoms with van der Waals surface area (Å²) in [5, 5.41) is 0. The van der Waals surface area contributed by atoms with Gasteiger partial charge in [0.05, 0.1) is 11.6 Å². The minimum Gasteiger partial charge on any atom is -0.439 e. The molecule has 2 saturated heterocycles. The average molecular weight is 292 g/mol. The van der Waals surface area contributed by atoms with Gasteiger partial charge >= 0.3 is 6.09 Å². The molecule has 6 nitrogen and oxygen atoms in total. The Morgan fingerprint density at radius 3 is 2.71 bits per heavy atom. The molecular weight excluding hydrogens is 279 g/mol. The molecule has 3 rings (SSSR count). The molecule has 0 N–H and O–H groups in total. The van der Waals surface area contributed by atoms with Crippen LogP contribution in [0.25, 0.3) is 0 Å². The van der Waals surface area contributed by atoms with Crippen molar-refractivity contribution in [3.63, 3.8) is 0 Å². The first kappa shape index (κ1) is 13.5. The van der Waals surface area contributed by atoms with E-state index in [1.807, 2.05) is 0 Å². The lowest BCUT2D eigenvalue weighted by atomic mass is 10.2. The van der Waals surface area contributed by atoms with E-state index in [-0.39, 0.29) is 18.7 Å². The van der Waals surface area contributed by atoms with Gasteiger partial charge in [-0.25, -0.2) is 14.1 Å². The van der Waals surface area contributed by atoms with Gasteiger partial charge in [-0.1, -0.05) is 12.1 Å². The van der Waals surface area contributed by atoms with Gasteiger partial charge < -0.3 is 9.64 Å². The molecule has 21 heavy (non-hydrogen) atoms. The number of amides is 3. The smallest absolute Gasteiger partial charge is 0.417 e. The minimum absolute atomic E-state index is 0.00604. The van der Waals surface area contributed by atoms with Crippen LogP contribution >= 0.6 is 0 Å². The number of ether oxygens (including phenoxy) is 1. The number of cyclic esters (lactones) is 1. The Hall–Kier alpha value is -2.44. The van der Waals surface area contributed by atoms with Crippen LogP contribution in [-0.2, 0) is 9.53 Å². The average Bonchev–Trinajstić information content (AvgIpc) is 3.06. The second-order valence-electron chi connectivity index (χ2n) is 4.99. The monoisotopic (exact) mass is 292 g/mol. The number of rotatable bonds is 2. The highest BCUT2D eigenvalue weighted by atomic mass is 19.1. The first-order chi connectivity index (χ1) is 10.1. The quantitative estimate of drug-likeness (QED) is 0.816. The third-order valence-electron chi connectivity index (χ3n) is 3.70. The number of hydrogen-bond acceptors (Lipinski definition) is 4. The van der Waals surface area contributed by atoms with Crippen LogP contribution in [0, 0.1) is 5.82 Å². The summed E-state index contributed by atoms with van der Waals surface area (Å²) in [6, 6.07) is 5.34. The standard InChI is InChI=1S/C14H13FN2O4/c15-11-4-2-1-3-10(11)13(19)16-6-5-9(7-16)17-12(18)8-21-14(17)20/h1-4,9H,5-8H2. The van der Waals surface area contributed by atoms with Crippen LogP contribution in [0.4, 0.5) is 9.18 Å². The molecule has 0 radical (unpaired) electrons. The second kappa shape index (κ2) is 5.16. The van der Waals surface area contributed by atoms with E-state index in [9.17, 15) is 18.8 Å². The second-order valence-corrected chi connectivity index (χ2v) is 4.99. The summed E-state index contributed by atoms with van der Waals surface area (Å²) >= 11 is 0. The molecule has 0 bridgehead atoms. The summed E-state index contributed by atoms with van der Waals surface area (Å²) < 4.78 is 18.3. The molecule has 1 atom stereocenters. The zero-order valence-electron chi connectivity index (χ0n) is 11.1. The van der Waals surface area contributed by atoms with E-state index in [1.165, 1.54) is 23.1 Å². The first-order valence-corrected chi connectivity index (χ1v) is 6.60. The fourth-order valence-corrected chi connectivity index (χ4v) is 2.66. The molecule has 1 aromatic rings.